The largest absolute Gasteiger partial charge is 0.272 e. The molecular weight excluding hydrogens is 320 g/mol. The molecule has 2 rings (SSSR count). The van der Waals surface area contributed by atoms with Crippen LogP contribution in [0.4, 0.5) is 5.69 Å². The third kappa shape index (κ3) is 5.46. The van der Waals surface area contributed by atoms with Crippen molar-refractivity contribution in [3.05, 3.63) is 58.4 Å². The second-order valence-electron chi connectivity index (χ2n) is 5.36. The molecule has 1 unspecified atom stereocenters. The maximum atomic E-state index is 12.1. The maximum absolute atomic E-state index is 12.1. The first-order valence-electron chi connectivity index (χ1n) is 7.04. The molecule has 0 bridgehead atoms. The van der Waals surface area contributed by atoms with Gasteiger partial charge in [0.05, 0.1) is 10.7 Å². The van der Waals surface area contributed by atoms with Crippen LogP contribution in [0.1, 0.15) is 12.5 Å². The van der Waals surface area contributed by atoms with Gasteiger partial charge in [-0.05, 0) is 17.5 Å². The summed E-state index contributed by atoms with van der Waals surface area (Å²) in [5.41, 5.74) is 0.440. The van der Waals surface area contributed by atoms with Gasteiger partial charge < -0.3 is 0 Å². The number of nitrogens with zero attached hydrogens (tertiary/aromatic N) is 3. The van der Waals surface area contributed by atoms with Gasteiger partial charge in [-0.25, -0.2) is 13.1 Å². The molecule has 1 aromatic carbocycles. The van der Waals surface area contributed by atoms with Crippen LogP contribution < -0.4 is 4.72 Å². The van der Waals surface area contributed by atoms with Crippen molar-refractivity contribution < 1.29 is 13.3 Å². The Balaban J connectivity index is 1.87. The highest BCUT2D eigenvalue weighted by molar-refractivity contribution is 7.88. The third-order valence-electron chi connectivity index (χ3n) is 3.21. The summed E-state index contributed by atoms with van der Waals surface area (Å²) >= 11 is 0. The van der Waals surface area contributed by atoms with Gasteiger partial charge >= 0.3 is 0 Å². The van der Waals surface area contributed by atoms with Gasteiger partial charge in [0, 0.05) is 37.6 Å². The highest BCUT2D eigenvalue weighted by Crippen LogP contribution is 2.13. The van der Waals surface area contributed by atoms with E-state index in [0.717, 1.165) is 0 Å². The van der Waals surface area contributed by atoms with Crippen LogP contribution in [0.3, 0.4) is 0 Å². The van der Waals surface area contributed by atoms with Crippen LogP contribution in [-0.2, 0) is 22.3 Å². The van der Waals surface area contributed by atoms with E-state index in [-0.39, 0.29) is 17.4 Å². The molecule has 1 N–H and O–H groups in total. The minimum atomic E-state index is -3.49. The minimum Gasteiger partial charge on any atom is -0.272 e. The average Bonchev–Trinajstić information content (AvgIpc) is 2.98. The number of aromatic nitrogens is 2. The molecule has 1 aromatic heterocycles. The zero-order valence-corrected chi connectivity index (χ0v) is 13.4. The van der Waals surface area contributed by atoms with E-state index in [9.17, 15) is 18.5 Å². The summed E-state index contributed by atoms with van der Waals surface area (Å²) < 4.78 is 28.4. The first-order valence-corrected chi connectivity index (χ1v) is 8.69. The molecule has 8 nitrogen and oxygen atoms in total. The Bertz CT molecular complexity index is 742. The summed E-state index contributed by atoms with van der Waals surface area (Å²) in [5, 5.41) is 14.6. The predicted octanol–water partition coefficient (Wildman–Crippen LogP) is 1.55. The first-order chi connectivity index (χ1) is 10.9. The number of benzene rings is 1. The molecule has 0 fully saturated rings. The number of non-ortho nitro benzene ring substituents is 1. The molecule has 0 saturated carbocycles. The summed E-state index contributed by atoms with van der Waals surface area (Å²) in [6.07, 6.45) is 3.49. The number of nitrogens with one attached hydrogen (secondary N) is 1. The SMILES string of the molecule is CC(CNS(=O)(=O)Cc1ccc([N+](=O)[O-])cc1)Cn1cccn1. The van der Waals surface area contributed by atoms with Gasteiger partial charge in [-0.3, -0.25) is 14.8 Å². The van der Waals surface area contributed by atoms with Crippen molar-refractivity contribution >= 4 is 15.7 Å². The Morgan fingerprint density at radius 1 is 1.35 bits per heavy atom. The van der Waals surface area contributed by atoms with E-state index in [2.05, 4.69) is 9.82 Å². The Labute approximate surface area is 134 Å². The van der Waals surface area contributed by atoms with Gasteiger partial charge in [-0.1, -0.05) is 19.1 Å². The molecule has 0 amide bonds. The number of nitro groups is 1. The van der Waals surface area contributed by atoms with Crippen molar-refractivity contribution in [2.75, 3.05) is 6.54 Å². The average molecular weight is 338 g/mol. The molecule has 0 radical (unpaired) electrons. The number of nitro benzene ring substituents is 1. The van der Waals surface area contributed by atoms with E-state index < -0.39 is 14.9 Å². The lowest BCUT2D eigenvalue weighted by atomic mass is 10.2. The second kappa shape index (κ2) is 7.34. The quantitative estimate of drug-likeness (QED) is 0.580. The predicted molar refractivity (Wildman–Crippen MR) is 85.1 cm³/mol. The monoisotopic (exact) mass is 338 g/mol. The number of hydrogen-bond acceptors (Lipinski definition) is 5. The van der Waals surface area contributed by atoms with Gasteiger partial charge in [0.1, 0.15) is 0 Å². The van der Waals surface area contributed by atoms with Crippen LogP contribution in [0.2, 0.25) is 0 Å². The minimum absolute atomic E-state index is 0.0630. The Morgan fingerprint density at radius 2 is 2.04 bits per heavy atom. The molecule has 0 saturated heterocycles. The number of sulfonamides is 1. The fourth-order valence-electron chi connectivity index (χ4n) is 2.05. The van der Waals surface area contributed by atoms with Gasteiger partial charge in [0.15, 0.2) is 0 Å². The molecule has 23 heavy (non-hydrogen) atoms. The van der Waals surface area contributed by atoms with E-state index in [4.69, 9.17) is 0 Å². The normalized spacial score (nSPS) is 12.9. The Kier molecular flexibility index (Phi) is 5.45. The molecule has 1 heterocycles. The van der Waals surface area contributed by atoms with Gasteiger partial charge in [0.25, 0.3) is 5.69 Å². The first kappa shape index (κ1) is 17.1. The lowest BCUT2D eigenvalue weighted by Crippen LogP contribution is -2.31. The van der Waals surface area contributed by atoms with Crippen molar-refractivity contribution in [2.45, 2.75) is 19.2 Å². The topological polar surface area (TPSA) is 107 Å². The van der Waals surface area contributed by atoms with Crippen molar-refractivity contribution in [1.82, 2.24) is 14.5 Å². The summed E-state index contributed by atoms with van der Waals surface area (Å²) in [5.74, 6) is -0.124. The van der Waals surface area contributed by atoms with Crippen LogP contribution >= 0.6 is 0 Å². The Hall–Kier alpha value is -2.26. The number of hydrogen-bond donors (Lipinski definition) is 1. The molecule has 0 aliphatic carbocycles. The molecule has 1 atom stereocenters. The summed E-state index contributed by atoms with van der Waals surface area (Å²) in [7, 11) is -3.49. The highest BCUT2D eigenvalue weighted by Gasteiger charge is 2.14. The highest BCUT2D eigenvalue weighted by atomic mass is 32.2. The maximum Gasteiger partial charge on any atom is 0.269 e. The smallest absolute Gasteiger partial charge is 0.269 e. The molecule has 124 valence electrons. The zero-order chi connectivity index (χ0) is 16.9. The zero-order valence-electron chi connectivity index (χ0n) is 12.6. The van der Waals surface area contributed by atoms with Crippen molar-refractivity contribution in [3.8, 4) is 0 Å². The van der Waals surface area contributed by atoms with Gasteiger partial charge in [-0.2, -0.15) is 5.10 Å². The van der Waals surface area contributed by atoms with Crippen LogP contribution in [0.5, 0.6) is 0 Å². The van der Waals surface area contributed by atoms with Crippen LogP contribution in [-0.4, -0.2) is 29.7 Å². The van der Waals surface area contributed by atoms with Crippen molar-refractivity contribution in [1.29, 1.82) is 0 Å². The fourth-order valence-corrected chi connectivity index (χ4v) is 3.32. The van der Waals surface area contributed by atoms with E-state index >= 15 is 0 Å². The Morgan fingerprint density at radius 3 is 2.61 bits per heavy atom. The van der Waals surface area contributed by atoms with Gasteiger partial charge in [0.2, 0.25) is 10.0 Å². The second-order valence-corrected chi connectivity index (χ2v) is 7.17. The molecule has 0 spiro atoms. The lowest BCUT2D eigenvalue weighted by molar-refractivity contribution is -0.384. The number of rotatable bonds is 8. The van der Waals surface area contributed by atoms with E-state index in [0.29, 0.717) is 18.7 Å². The molecule has 0 aliphatic rings. The fraction of sp³-hybridized carbons (Fsp3) is 0.357. The molecule has 9 heteroatoms. The van der Waals surface area contributed by atoms with Crippen LogP contribution in [0.25, 0.3) is 0 Å². The molecule has 0 aliphatic heterocycles. The third-order valence-corrected chi connectivity index (χ3v) is 4.53. The summed E-state index contributed by atoms with van der Waals surface area (Å²) in [6.45, 7) is 2.85. The van der Waals surface area contributed by atoms with E-state index in [1.807, 2.05) is 19.2 Å². The molecular formula is C14H18N4O4S. The summed E-state index contributed by atoms with van der Waals surface area (Å²) in [4.78, 5) is 10.1. The van der Waals surface area contributed by atoms with Crippen LogP contribution in [0, 0.1) is 16.0 Å². The van der Waals surface area contributed by atoms with Crippen molar-refractivity contribution in [3.63, 3.8) is 0 Å². The summed E-state index contributed by atoms with van der Waals surface area (Å²) in [6, 6.07) is 7.30. The lowest BCUT2D eigenvalue weighted by Gasteiger charge is -2.13. The van der Waals surface area contributed by atoms with E-state index in [1.165, 1.54) is 24.3 Å². The standard InChI is InChI=1S/C14H18N4O4S/c1-12(10-17-8-2-7-15-17)9-16-23(21,22)11-13-3-5-14(6-4-13)18(19)20/h2-8,12,16H,9-11H2,1H3. The van der Waals surface area contributed by atoms with Crippen molar-refractivity contribution in [2.24, 2.45) is 5.92 Å². The van der Waals surface area contributed by atoms with Crippen LogP contribution in [0.15, 0.2) is 42.7 Å². The van der Waals surface area contributed by atoms with Gasteiger partial charge in [-0.15, -0.1) is 0 Å². The van der Waals surface area contributed by atoms with E-state index in [1.54, 1.807) is 10.9 Å². The molecule has 2 aromatic rings.